The van der Waals surface area contributed by atoms with Crippen molar-refractivity contribution in [1.29, 1.82) is 0 Å². The number of benzene rings is 1. The highest BCUT2D eigenvalue weighted by molar-refractivity contribution is 7.81. The Morgan fingerprint density at radius 2 is 1.84 bits per heavy atom. The van der Waals surface area contributed by atoms with E-state index in [-0.39, 0.29) is 5.91 Å². The molecular formula is C25H21N5OS. The minimum absolute atomic E-state index is 0.0160. The van der Waals surface area contributed by atoms with Crippen molar-refractivity contribution in [3.05, 3.63) is 77.5 Å². The number of carbonyl (C=O) groups excluding carboxylic acids is 1. The Kier molecular flexibility index (Phi) is 4.75. The molecule has 1 aliphatic carbocycles. The first kappa shape index (κ1) is 20.3. The number of aromatic nitrogens is 2. The van der Waals surface area contributed by atoms with Crippen LogP contribution in [-0.4, -0.2) is 26.5 Å². The summed E-state index contributed by atoms with van der Waals surface area (Å²) in [6.45, 7) is 11.0. The maximum Gasteiger partial charge on any atom is 0.272 e. The zero-order valence-corrected chi connectivity index (χ0v) is 18.7. The molecular weight excluding hydrogens is 418 g/mol. The smallest absolute Gasteiger partial charge is 0.272 e. The van der Waals surface area contributed by atoms with Gasteiger partial charge < -0.3 is 9.74 Å². The zero-order chi connectivity index (χ0) is 22.5. The van der Waals surface area contributed by atoms with Gasteiger partial charge >= 0.3 is 0 Å². The summed E-state index contributed by atoms with van der Waals surface area (Å²) in [7, 11) is 0. The highest BCUT2D eigenvalue weighted by atomic mass is 32.1. The Morgan fingerprint density at radius 1 is 1.09 bits per heavy atom. The number of rotatable bonds is 3. The maximum absolute atomic E-state index is 13.6. The van der Waals surface area contributed by atoms with E-state index in [9.17, 15) is 4.79 Å². The van der Waals surface area contributed by atoms with Crippen LogP contribution in [-0.2, 0) is 4.79 Å². The van der Waals surface area contributed by atoms with E-state index in [0.29, 0.717) is 16.6 Å². The van der Waals surface area contributed by atoms with E-state index < -0.39 is 5.54 Å². The monoisotopic (exact) mass is 439 g/mol. The summed E-state index contributed by atoms with van der Waals surface area (Å²) in [5.41, 5.74) is 4.73. The molecule has 32 heavy (non-hydrogen) atoms. The van der Waals surface area contributed by atoms with Gasteiger partial charge in [-0.15, -0.1) is 4.98 Å². The highest BCUT2D eigenvalue weighted by Crippen LogP contribution is 2.48. The SMILES string of the molecule is [C-]#[N+]c1ncc(N2C(=O)C3(CCC3)N(c3ccc(-c4cccnc4C)cc3)C2=S)cc1C. The first-order valence-electron chi connectivity index (χ1n) is 10.5. The quantitative estimate of drug-likeness (QED) is 0.406. The highest BCUT2D eigenvalue weighted by Gasteiger charge is 2.59. The Labute approximate surface area is 192 Å². The fourth-order valence-electron chi connectivity index (χ4n) is 4.58. The summed E-state index contributed by atoms with van der Waals surface area (Å²) in [5.74, 6) is 0.320. The second kappa shape index (κ2) is 7.50. The van der Waals surface area contributed by atoms with Crippen molar-refractivity contribution >= 4 is 40.4 Å². The molecule has 5 rings (SSSR count). The van der Waals surface area contributed by atoms with Gasteiger partial charge in [-0.3, -0.25) is 14.7 Å². The van der Waals surface area contributed by atoms with Gasteiger partial charge in [0.1, 0.15) is 11.7 Å². The number of amides is 1. The van der Waals surface area contributed by atoms with Crippen LogP contribution in [0.2, 0.25) is 0 Å². The van der Waals surface area contributed by atoms with Gasteiger partial charge in [-0.05, 0) is 80.7 Å². The molecule has 3 heterocycles. The molecule has 1 aliphatic heterocycles. The summed E-state index contributed by atoms with van der Waals surface area (Å²) in [6.07, 6.45) is 5.86. The molecule has 0 radical (unpaired) electrons. The second-order valence-electron chi connectivity index (χ2n) is 8.27. The molecule has 1 spiro atoms. The Morgan fingerprint density at radius 3 is 2.44 bits per heavy atom. The lowest BCUT2D eigenvalue weighted by Gasteiger charge is -2.43. The summed E-state index contributed by atoms with van der Waals surface area (Å²) >= 11 is 5.84. The first-order chi connectivity index (χ1) is 15.5. The Bertz CT molecular complexity index is 1290. The Hall–Kier alpha value is -3.63. The molecule has 1 saturated carbocycles. The molecule has 6 nitrogen and oxygen atoms in total. The van der Waals surface area contributed by atoms with Gasteiger partial charge in [0.05, 0.1) is 5.69 Å². The summed E-state index contributed by atoms with van der Waals surface area (Å²) in [6, 6.07) is 14.0. The van der Waals surface area contributed by atoms with E-state index in [4.69, 9.17) is 18.8 Å². The van der Waals surface area contributed by atoms with E-state index in [1.54, 1.807) is 17.3 Å². The molecule has 2 aliphatic rings. The number of pyridine rings is 2. The van der Waals surface area contributed by atoms with Crippen LogP contribution in [0.1, 0.15) is 30.5 Å². The van der Waals surface area contributed by atoms with Crippen molar-refractivity contribution in [2.24, 2.45) is 0 Å². The average Bonchev–Trinajstić information content (AvgIpc) is 3.01. The first-order valence-corrected chi connectivity index (χ1v) is 10.9. The van der Waals surface area contributed by atoms with Gasteiger partial charge in [-0.25, -0.2) is 0 Å². The number of aryl methyl sites for hydroxylation is 2. The number of anilines is 2. The average molecular weight is 440 g/mol. The van der Waals surface area contributed by atoms with Crippen LogP contribution >= 0.6 is 12.2 Å². The van der Waals surface area contributed by atoms with Crippen LogP contribution in [0.25, 0.3) is 16.0 Å². The van der Waals surface area contributed by atoms with E-state index in [0.717, 1.165) is 47.3 Å². The minimum Gasteiger partial charge on any atom is -0.360 e. The van der Waals surface area contributed by atoms with E-state index >= 15 is 0 Å². The van der Waals surface area contributed by atoms with Gasteiger partial charge in [0, 0.05) is 23.1 Å². The molecule has 0 N–H and O–H groups in total. The van der Waals surface area contributed by atoms with Crippen LogP contribution in [0.15, 0.2) is 54.9 Å². The third-order valence-electron chi connectivity index (χ3n) is 6.44. The molecule has 2 aromatic heterocycles. The third-order valence-corrected chi connectivity index (χ3v) is 6.80. The van der Waals surface area contributed by atoms with Crippen LogP contribution in [0, 0.1) is 20.4 Å². The number of nitrogens with zero attached hydrogens (tertiary/aromatic N) is 5. The van der Waals surface area contributed by atoms with Crippen LogP contribution in [0.5, 0.6) is 0 Å². The van der Waals surface area contributed by atoms with Crippen LogP contribution < -0.4 is 9.80 Å². The molecule has 3 aromatic rings. The zero-order valence-electron chi connectivity index (χ0n) is 17.9. The van der Waals surface area contributed by atoms with Crippen LogP contribution in [0.3, 0.4) is 0 Å². The maximum atomic E-state index is 13.6. The van der Waals surface area contributed by atoms with Gasteiger partial charge in [0.2, 0.25) is 0 Å². The second-order valence-corrected chi connectivity index (χ2v) is 8.64. The summed E-state index contributed by atoms with van der Waals surface area (Å²) in [5, 5.41) is 0.455. The molecule has 2 fully saturated rings. The molecule has 0 bridgehead atoms. The van der Waals surface area contributed by atoms with Crippen molar-refractivity contribution < 1.29 is 4.79 Å². The van der Waals surface area contributed by atoms with Gasteiger partial charge in [-0.2, -0.15) is 0 Å². The number of hydrogen-bond donors (Lipinski definition) is 0. The minimum atomic E-state index is -0.644. The lowest BCUT2D eigenvalue weighted by atomic mass is 9.75. The van der Waals surface area contributed by atoms with Gasteiger partial charge in [-0.1, -0.05) is 24.8 Å². The van der Waals surface area contributed by atoms with Crippen LogP contribution in [0.4, 0.5) is 17.2 Å². The van der Waals surface area contributed by atoms with Crippen molar-refractivity contribution in [2.75, 3.05) is 9.80 Å². The van der Waals surface area contributed by atoms with Gasteiger partial charge in [0.15, 0.2) is 5.11 Å². The third kappa shape index (κ3) is 2.91. The fraction of sp³-hybridized carbons (Fsp3) is 0.240. The van der Waals surface area contributed by atoms with E-state index in [2.05, 4.69) is 33.0 Å². The number of hydrogen-bond acceptors (Lipinski definition) is 4. The van der Waals surface area contributed by atoms with Crippen molar-refractivity contribution in [1.82, 2.24) is 9.97 Å². The summed E-state index contributed by atoms with van der Waals surface area (Å²) in [4.78, 5) is 29.2. The van der Waals surface area contributed by atoms with Crippen molar-refractivity contribution in [2.45, 2.75) is 38.6 Å². The number of carbonyl (C=O) groups is 1. The summed E-state index contributed by atoms with van der Waals surface area (Å²) < 4.78 is 0. The molecule has 7 heteroatoms. The lowest BCUT2D eigenvalue weighted by Crippen LogP contribution is -2.55. The molecule has 0 unspecified atom stereocenters. The standard InChI is InChI=1S/C25H21N5OS/c1-16-14-20(15-28-22(16)26-3)29-23(31)25(11-5-12-25)30(24(29)32)19-9-7-18(8-10-19)21-6-4-13-27-17(21)2/h4,6-10,13-15H,5,11-12H2,1-2H3. The Balaban J connectivity index is 1.53. The van der Waals surface area contributed by atoms with Gasteiger partial charge in [0.25, 0.3) is 11.7 Å². The fourth-order valence-corrected chi connectivity index (χ4v) is 5.05. The van der Waals surface area contributed by atoms with Crippen molar-refractivity contribution in [3.63, 3.8) is 0 Å². The van der Waals surface area contributed by atoms with Crippen molar-refractivity contribution in [3.8, 4) is 11.1 Å². The van der Waals surface area contributed by atoms with E-state index in [1.165, 1.54) is 0 Å². The predicted octanol–water partition coefficient (Wildman–Crippen LogP) is 5.37. The lowest BCUT2D eigenvalue weighted by molar-refractivity contribution is -0.123. The number of thiocarbonyl (C=S) groups is 1. The normalized spacial score (nSPS) is 16.9. The topological polar surface area (TPSA) is 53.7 Å². The molecule has 158 valence electrons. The molecule has 1 saturated heterocycles. The molecule has 0 atom stereocenters. The molecule has 1 amide bonds. The largest absolute Gasteiger partial charge is 0.360 e. The predicted molar refractivity (Wildman–Crippen MR) is 129 cm³/mol. The molecule has 1 aromatic carbocycles. The van der Waals surface area contributed by atoms with E-state index in [1.807, 2.05) is 43.0 Å².